The van der Waals surface area contributed by atoms with Crippen LogP contribution >= 0.6 is 0 Å². The predicted octanol–water partition coefficient (Wildman–Crippen LogP) is 10.6. The highest BCUT2D eigenvalue weighted by Crippen LogP contribution is 2.40. The zero-order valence-electron chi connectivity index (χ0n) is 24.5. The molecule has 0 fully saturated rings. The maximum Gasteiger partial charge on any atom is 0.144 e. The van der Waals surface area contributed by atoms with E-state index in [9.17, 15) is 0 Å². The fourth-order valence-corrected chi connectivity index (χ4v) is 5.71. The number of rotatable bonds is 2. The molecule has 0 spiro atoms. The monoisotopic (exact) mass is 534 g/mol. The summed E-state index contributed by atoms with van der Waals surface area (Å²) < 4.78 is 6.70. The van der Waals surface area contributed by atoms with Crippen molar-refractivity contribution in [2.75, 3.05) is 0 Å². The zero-order valence-corrected chi connectivity index (χ0v) is 24.5. The van der Waals surface area contributed by atoms with Gasteiger partial charge in [0.1, 0.15) is 11.2 Å². The number of furan rings is 1. The van der Waals surface area contributed by atoms with Gasteiger partial charge in [-0.2, -0.15) is 0 Å². The lowest BCUT2D eigenvalue weighted by atomic mass is 9.86. The fourth-order valence-electron chi connectivity index (χ4n) is 5.71. The van der Waals surface area contributed by atoms with Crippen LogP contribution in [-0.2, 0) is 10.8 Å². The van der Waals surface area contributed by atoms with E-state index < -0.39 is 0 Å². The molecule has 4 aromatic carbocycles. The van der Waals surface area contributed by atoms with Crippen molar-refractivity contribution in [1.29, 1.82) is 0 Å². The molecule has 0 saturated heterocycles. The number of hydrogen-bond acceptors (Lipinski definition) is 3. The van der Waals surface area contributed by atoms with E-state index in [2.05, 4.69) is 139 Å². The van der Waals surface area contributed by atoms with Gasteiger partial charge in [0.15, 0.2) is 0 Å². The summed E-state index contributed by atoms with van der Waals surface area (Å²) in [4.78, 5) is 10.1. The lowest BCUT2D eigenvalue weighted by Gasteiger charge is -2.19. The summed E-state index contributed by atoms with van der Waals surface area (Å²) in [5.74, 6) is 0. The van der Waals surface area contributed by atoms with Gasteiger partial charge >= 0.3 is 0 Å². The molecule has 0 N–H and O–H groups in total. The first-order valence-electron chi connectivity index (χ1n) is 14.3. The minimum absolute atomic E-state index is 0.0969. The first-order valence-corrected chi connectivity index (χ1v) is 14.3. The Labute approximate surface area is 240 Å². The van der Waals surface area contributed by atoms with Crippen LogP contribution in [0.15, 0.2) is 101 Å². The van der Waals surface area contributed by atoms with E-state index in [0.717, 1.165) is 66.3 Å². The van der Waals surface area contributed by atoms with Crippen molar-refractivity contribution in [1.82, 2.24) is 9.97 Å². The first-order chi connectivity index (χ1) is 19.6. The smallest absolute Gasteiger partial charge is 0.144 e. The fraction of sp³-hybridized carbons (Fsp3) is 0.211. The van der Waals surface area contributed by atoms with Crippen molar-refractivity contribution >= 4 is 43.7 Å². The van der Waals surface area contributed by atoms with E-state index in [0.29, 0.717) is 0 Å². The Balaban J connectivity index is 1.36. The number of fused-ring (bicyclic) bond motifs is 5. The average Bonchev–Trinajstić information content (AvgIpc) is 3.34. The summed E-state index contributed by atoms with van der Waals surface area (Å²) in [6.45, 7) is 13.4. The Kier molecular flexibility index (Phi) is 5.59. The number of benzene rings is 4. The standard InChI is InChI=1S/C38H34N2O/c1-37(2,3)25-15-19-31-23(21-25)13-17-33(39-31)29-11-7-9-27-28-10-8-12-30(36(28)41-35(27)29)34-18-14-24-22-26(38(4,5)6)16-20-32(24)40-34/h7-22H,1-6H3. The van der Waals surface area contributed by atoms with Gasteiger partial charge in [0, 0.05) is 32.7 Å². The SMILES string of the molecule is CC(C)(C)c1ccc2nc(-c3cccc4c3oc3c(-c5ccc6cc(C(C)(C)C)ccc6n5)cccc34)ccc2c1. The van der Waals surface area contributed by atoms with Crippen LogP contribution in [0, 0.1) is 0 Å². The molecule has 41 heavy (non-hydrogen) atoms. The molecule has 3 heterocycles. The van der Waals surface area contributed by atoms with Crippen molar-refractivity contribution in [3.63, 3.8) is 0 Å². The lowest BCUT2D eigenvalue weighted by molar-refractivity contribution is 0.591. The van der Waals surface area contributed by atoms with Gasteiger partial charge in [0.2, 0.25) is 0 Å². The molecule has 3 heteroatoms. The summed E-state index contributed by atoms with van der Waals surface area (Å²) in [6, 6.07) is 34.3. The minimum atomic E-state index is 0.0969. The largest absolute Gasteiger partial charge is 0.455 e. The Morgan fingerprint density at radius 1 is 0.488 bits per heavy atom. The van der Waals surface area contributed by atoms with Gasteiger partial charge < -0.3 is 4.42 Å². The summed E-state index contributed by atoms with van der Waals surface area (Å²) in [5.41, 5.74) is 10.3. The topological polar surface area (TPSA) is 38.9 Å². The van der Waals surface area contributed by atoms with Gasteiger partial charge in [-0.3, -0.25) is 0 Å². The third-order valence-electron chi connectivity index (χ3n) is 8.19. The van der Waals surface area contributed by atoms with Gasteiger partial charge in [-0.25, -0.2) is 9.97 Å². The predicted molar refractivity (Wildman–Crippen MR) is 173 cm³/mol. The summed E-state index contributed by atoms with van der Waals surface area (Å²) in [5, 5.41) is 4.47. The van der Waals surface area contributed by atoms with E-state index in [1.54, 1.807) is 0 Å². The van der Waals surface area contributed by atoms with E-state index in [1.807, 2.05) is 0 Å². The van der Waals surface area contributed by atoms with Crippen molar-refractivity contribution in [3.05, 3.63) is 108 Å². The Morgan fingerprint density at radius 3 is 1.34 bits per heavy atom. The molecule has 0 aliphatic rings. The van der Waals surface area contributed by atoms with Gasteiger partial charge in [0.05, 0.1) is 22.4 Å². The van der Waals surface area contributed by atoms with Crippen LogP contribution < -0.4 is 0 Å². The molecule has 0 bridgehead atoms. The lowest BCUT2D eigenvalue weighted by Crippen LogP contribution is -2.10. The maximum atomic E-state index is 6.70. The summed E-state index contributed by atoms with van der Waals surface area (Å²) in [6.07, 6.45) is 0. The van der Waals surface area contributed by atoms with E-state index >= 15 is 0 Å². The van der Waals surface area contributed by atoms with Crippen molar-refractivity contribution in [2.45, 2.75) is 52.4 Å². The molecule has 7 aromatic rings. The molecular weight excluding hydrogens is 500 g/mol. The van der Waals surface area contributed by atoms with Crippen molar-refractivity contribution < 1.29 is 4.42 Å². The second kappa shape index (κ2) is 9.01. The van der Waals surface area contributed by atoms with E-state index in [1.165, 1.54) is 11.1 Å². The molecule has 0 radical (unpaired) electrons. The molecule has 0 unspecified atom stereocenters. The Morgan fingerprint density at radius 2 is 0.927 bits per heavy atom. The van der Waals surface area contributed by atoms with Crippen LogP contribution in [-0.4, -0.2) is 9.97 Å². The number of hydrogen-bond donors (Lipinski definition) is 0. The molecular formula is C38H34N2O. The van der Waals surface area contributed by atoms with Gasteiger partial charge in [0.25, 0.3) is 0 Å². The van der Waals surface area contributed by atoms with E-state index in [-0.39, 0.29) is 10.8 Å². The van der Waals surface area contributed by atoms with Crippen LogP contribution in [0.1, 0.15) is 52.7 Å². The summed E-state index contributed by atoms with van der Waals surface area (Å²) in [7, 11) is 0. The van der Waals surface area contributed by atoms with Gasteiger partial charge in [-0.1, -0.05) is 90.1 Å². The third-order valence-corrected chi connectivity index (χ3v) is 8.19. The zero-order chi connectivity index (χ0) is 28.5. The van der Waals surface area contributed by atoms with Crippen LogP contribution in [0.25, 0.3) is 66.3 Å². The maximum absolute atomic E-state index is 6.70. The molecule has 202 valence electrons. The number of para-hydroxylation sites is 2. The highest BCUT2D eigenvalue weighted by Gasteiger charge is 2.19. The Bertz CT molecular complexity index is 1970. The normalized spacial score (nSPS) is 12.6. The van der Waals surface area contributed by atoms with Crippen LogP contribution in [0.4, 0.5) is 0 Å². The van der Waals surface area contributed by atoms with Crippen molar-refractivity contribution in [3.8, 4) is 22.5 Å². The second-order valence-corrected chi connectivity index (χ2v) is 13.2. The molecule has 0 atom stereocenters. The molecule has 7 rings (SSSR count). The first kappa shape index (κ1) is 25.5. The molecule has 3 nitrogen and oxygen atoms in total. The van der Waals surface area contributed by atoms with Crippen LogP contribution in [0.5, 0.6) is 0 Å². The molecule has 3 aromatic heterocycles. The number of aromatic nitrogens is 2. The molecule has 0 amide bonds. The molecule has 0 aliphatic carbocycles. The van der Waals surface area contributed by atoms with Crippen LogP contribution in [0.2, 0.25) is 0 Å². The summed E-state index contributed by atoms with van der Waals surface area (Å²) >= 11 is 0. The minimum Gasteiger partial charge on any atom is -0.455 e. The quantitative estimate of drug-likeness (QED) is 0.221. The van der Waals surface area contributed by atoms with Gasteiger partial charge in [-0.05, 0) is 70.5 Å². The molecule has 0 aliphatic heterocycles. The van der Waals surface area contributed by atoms with Crippen molar-refractivity contribution in [2.24, 2.45) is 0 Å². The highest BCUT2D eigenvalue weighted by atomic mass is 16.3. The molecule has 0 saturated carbocycles. The highest BCUT2D eigenvalue weighted by molar-refractivity contribution is 6.12. The second-order valence-electron chi connectivity index (χ2n) is 13.2. The Hall–Kier alpha value is -4.50. The average molecular weight is 535 g/mol. The van der Waals surface area contributed by atoms with E-state index in [4.69, 9.17) is 14.4 Å². The van der Waals surface area contributed by atoms with Crippen LogP contribution in [0.3, 0.4) is 0 Å². The number of nitrogens with zero attached hydrogens (tertiary/aromatic N) is 2. The number of pyridine rings is 2. The third kappa shape index (κ3) is 4.37. The van der Waals surface area contributed by atoms with Gasteiger partial charge in [-0.15, -0.1) is 0 Å².